The number of hydrogen-bond acceptors (Lipinski definition) is 1. The standard InChI is InChI=1S/C10H10ClF3O/c1-6-2-3-7(8(11)4-6)5-9(15)10(12,13)14/h2-4,9,15H,5H2,1H3. The van der Waals surface area contributed by atoms with Crippen LogP contribution in [-0.2, 0) is 6.42 Å². The van der Waals surface area contributed by atoms with Crippen LogP contribution < -0.4 is 0 Å². The van der Waals surface area contributed by atoms with Crippen LogP contribution in [0, 0.1) is 6.92 Å². The molecule has 0 bridgehead atoms. The van der Waals surface area contributed by atoms with Gasteiger partial charge in [-0.15, -0.1) is 0 Å². The Bertz CT molecular complexity index is 349. The van der Waals surface area contributed by atoms with E-state index in [0.29, 0.717) is 5.56 Å². The topological polar surface area (TPSA) is 20.2 Å². The second kappa shape index (κ2) is 4.41. The predicted octanol–water partition coefficient (Wildman–Crippen LogP) is 3.11. The average molecular weight is 239 g/mol. The SMILES string of the molecule is Cc1ccc(CC(O)C(F)(F)F)c(Cl)c1. The van der Waals surface area contributed by atoms with Crippen molar-refractivity contribution in [2.24, 2.45) is 0 Å². The summed E-state index contributed by atoms with van der Waals surface area (Å²) in [6.07, 6.45) is -7.48. The summed E-state index contributed by atoms with van der Waals surface area (Å²) in [7, 11) is 0. The number of rotatable bonds is 2. The summed E-state index contributed by atoms with van der Waals surface area (Å²) in [5.74, 6) is 0. The summed E-state index contributed by atoms with van der Waals surface area (Å²) < 4.78 is 36.2. The van der Waals surface area contributed by atoms with Gasteiger partial charge in [-0.2, -0.15) is 13.2 Å². The van der Waals surface area contributed by atoms with E-state index in [-0.39, 0.29) is 5.02 Å². The second-order valence-corrected chi connectivity index (χ2v) is 3.76. The molecule has 1 aromatic rings. The molecule has 84 valence electrons. The average Bonchev–Trinajstić information content (AvgIpc) is 2.08. The first-order valence-corrected chi connectivity index (χ1v) is 4.68. The second-order valence-electron chi connectivity index (χ2n) is 3.36. The maximum absolute atomic E-state index is 12.1. The van der Waals surface area contributed by atoms with Crippen LogP contribution in [-0.4, -0.2) is 17.4 Å². The minimum Gasteiger partial charge on any atom is -0.383 e. The first-order valence-electron chi connectivity index (χ1n) is 4.30. The van der Waals surface area contributed by atoms with Crippen molar-refractivity contribution in [1.82, 2.24) is 0 Å². The fraction of sp³-hybridized carbons (Fsp3) is 0.400. The van der Waals surface area contributed by atoms with Crippen molar-refractivity contribution in [3.05, 3.63) is 34.3 Å². The molecule has 0 aliphatic carbocycles. The molecule has 0 spiro atoms. The smallest absolute Gasteiger partial charge is 0.383 e. The lowest BCUT2D eigenvalue weighted by Gasteiger charge is -2.15. The number of halogens is 4. The molecule has 0 aliphatic rings. The molecule has 0 saturated heterocycles. The van der Waals surface area contributed by atoms with Gasteiger partial charge in [0.05, 0.1) is 0 Å². The molecular formula is C10H10ClF3O. The van der Waals surface area contributed by atoms with Gasteiger partial charge < -0.3 is 5.11 Å². The van der Waals surface area contributed by atoms with E-state index >= 15 is 0 Å². The summed E-state index contributed by atoms with van der Waals surface area (Å²) in [6, 6.07) is 4.72. The number of alkyl halides is 3. The highest BCUT2D eigenvalue weighted by atomic mass is 35.5. The molecule has 5 heteroatoms. The van der Waals surface area contributed by atoms with Crippen molar-refractivity contribution in [3.63, 3.8) is 0 Å². The zero-order valence-corrected chi connectivity index (χ0v) is 8.73. The molecule has 0 amide bonds. The first-order chi connectivity index (χ1) is 6.80. The van der Waals surface area contributed by atoms with Gasteiger partial charge in [0.1, 0.15) is 0 Å². The molecule has 0 radical (unpaired) electrons. The van der Waals surface area contributed by atoms with Gasteiger partial charge in [0.15, 0.2) is 6.10 Å². The number of aliphatic hydroxyl groups excluding tert-OH is 1. The van der Waals surface area contributed by atoms with Crippen molar-refractivity contribution in [2.45, 2.75) is 25.6 Å². The van der Waals surface area contributed by atoms with Gasteiger partial charge in [0.25, 0.3) is 0 Å². The molecule has 0 heterocycles. The van der Waals surface area contributed by atoms with Crippen molar-refractivity contribution in [1.29, 1.82) is 0 Å². The third-order valence-electron chi connectivity index (χ3n) is 2.00. The zero-order chi connectivity index (χ0) is 11.6. The van der Waals surface area contributed by atoms with E-state index in [2.05, 4.69) is 0 Å². The molecule has 1 rings (SSSR count). The highest BCUT2D eigenvalue weighted by Gasteiger charge is 2.38. The van der Waals surface area contributed by atoms with Gasteiger partial charge in [-0.25, -0.2) is 0 Å². The van der Waals surface area contributed by atoms with Crippen LogP contribution in [0.15, 0.2) is 18.2 Å². The lowest BCUT2D eigenvalue weighted by molar-refractivity contribution is -0.203. The highest BCUT2D eigenvalue weighted by molar-refractivity contribution is 6.31. The fourth-order valence-electron chi connectivity index (χ4n) is 1.14. The van der Waals surface area contributed by atoms with Crippen LogP contribution in [0.25, 0.3) is 0 Å². The Kier molecular flexibility index (Phi) is 3.62. The van der Waals surface area contributed by atoms with Crippen LogP contribution in [0.3, 0.4) is 0 Å². The predicted molar refractivity (Wildman–Crippen MR) is 52.0 cm³/mol. The quantitative estimate of drug-likeness (QED) is 0.839. The van der Waals surface area contributed by atoms with Crippen molar-refractivity contribution >= 4 is 11.6 Å². The Labute approximate surface area is 90.5 Å². The molecule has 0 aliphatic heterocycles. The van der Waals surface area contributed by atoms with E-state index in [0.717, 1.165) is 5.56 Å². The molecule has 0 aromatic heterocycles. The van der Waals surface area contributed by atoms with Crippen LogP contribution in [0.2, 0.25) is 5.02 Å². The summed E-state index contributed by atoms with van der Waals surface area (Å²) in [5, 5.41) is 9.10. The van der Waals surface area contributed by atoms with Crippen LogP contribution in [0.4, 0.5) is 13.2 Å². The largest absolute Gasteiger partial charge is 0.414 e. The van der Waals surface area contributed by atoms with Gasteiger partial charge in [-0.1, -0.05) is 23.7 Å². The number of hydrogen-bond donors (Lipinski definition) is 1. The third-order valence-corrected chi connectivity index (χ3v) is 2.35. The molecule has 15 heavy (non-hydrogen) atoms. The summed E-state index contributed by atoms with van der Waals surface area (Å²) >= 11 is 5.75. The molecule has 1 atom stereocenters. The molecule has 1 nitrogen and oxygen atoms in total. The molecule has 1 aromatic carbocycles. The van der Waals surface area contributed by atoms with E-state index in [1.807, 2.05) is 0 Å². The molecule has 0 fully saturated rings. The zero-order valence-electron chi connectivity index (χ0n) is 7.98. The van der Waals surface area contributed by atoms with Gasteiger partial charge in [-0.3, -0.25) is 0 Å². The molecular weight excluding hydrogens is 229 g/mol. The van der Waals surface area contributed by atoms with E-state index in [1.165, 1.54) is 6.07 Å². The van der Waals surface area contributed by atoms with Crippen molar-refractivity contribution in [2.75, 3.05) is 0 Å². The van der Waals surface area contributed by atoms with Crippen LogP contribution in [0.5, 0.6) is 0 Å². The van der Waals surface area contributed by atoms with E-state index in [4.69, 9.17) is 16.7 Å². The normalized spacial score (nSPS) is 14.0. The van der Waals surface area contributed by atoms with E-state index in [1.54, 1.807) is 19.1 Å². The lowest BCUT2D eigenvalue weighted by atomic mass is 10.1. The first kappa shape index (κ1) is 12.3. The summed E-state index contributed by atoms with van der Waals surface area (Å²) in [6.45, 7) is 1.79. The molecule has 0 saturated carbocycles. The van der Waals surface area contributed by atoms with E-state index < -0.39 is 18.7 Å². The number of aliphatic hydroxyl groups is 1. The Morgan fingerprint density at radius 1 is 1.40 bits per heavy atom. The van der Waals surface area contributed by atoms with Gasteiger partial charge in [0.2, 0.25) is 0 Å². The van der Waals surface area contributed by atoms with E-state index in [9.17, 15) is 13.2 Å². The Morgan fingerprint density at radius 3 is 2.47 bits per heavy atom. The summed E-state index contributed by atoms with van der Waals surface area (Å²) in [5.41, 5.74) is 1.16. The van der Waals surface area contributed by atoms with Gasteiger partial charge in [0, 0.05) is 11.4 Å². The maximum atomic E-state index is 12.1. The van der Waals surface area contributed by atoms with Gasteiger partial charge >= 0.3 is 6.18 Å². The number of benzene rings is 1. The van der Waals surface area contributed by atoms with Crippen LogP contribution >= 0.6 is 11.6 Å². The van der Waals surface area contributed by atoms with Gasteiger partial charge in [-0.05, 0) is 24.1 Å². The third kappa shape index (κ3) is 3.39. The Morgan fingerprint density at radius 2 is 2.00 bits per heavy atom. The number of aryl methyl sites for hydroxylation is 1. The molecule has 1 N–H and O–H groups in total. The van der Waals surface area contributed by atoms with Crippen molar-refractivity contribution < 1.29 is 18.3 Å². The maximum Gasteiger partial charge on any atom is 0.414 e. The van der Waals surface area contributed by atoms with Crippen LogP contribution in [0.1, 0.15) is 11.1 Å². The highest BCUT2D eigenvalue weighted by Crippen LogP contribution is 2.26. The lowest BCUT2D eigenvalue weighted by Crippen LogP contribution is -2.30. The summed E-state index contributed by atoms with van der Waals surface area (Å²) in [4.78, 5) is 0. The minimum atomic E-state index is -4.60. The minimum absolute atomic E-state index is 0.248. The monoisotopic (exact) mass is 238 g/mol. The molecule has 1 unspecified atom stereocenters. The fourth-order valence-corrected chi connectivity index (χ4v) is 1.45. The Balaban J connectivity index is 2.82. The van der Waals surface area contributed by atoms with Crippen molar-refractivity contribution in [3.8, 4) is 0 Å². The Hall–Kier alpha value is -0.740.